The average molecular weight is 245 g/mol. The number of carbonyl (C=O) groups excluding carboxylic acids is 1. The number of anilines is 1. The van der Waals surface area contributed by atoms with Crippen molar-refractivity contribution in [1.29, 1.82) is 0 Å². The van der Waals surface area contributed by atoms with Gasteiger partial charge in [0.2, 0.25) is 5.91 Å². The van der Waals surface area contributed by atoms with E-state index >= 15 is 0 Å². The predicted molar refractivity (Wildman–Crippen MR) is 64.4 cm³/mol. The molecule has 0 saturated heterocycles. The lowest BCUT2D eigenvalue weighted by Gasteiger charge is -2.04. The van der Waals surface area contributed by atoms with Gasteiger partial charge in [0.05, 0.1) is 18.2 Å². The summed E-state index contributed by atoms with van der Waals surface area (Å²) in [7, 11) is 0. The number of amides is 1. The zero-order chi connectivity index (χ0) is 13.0. The molecule has 1 aromatic carbocycles. The van der Waals surface area contributed by atoms with Crippen molar-refractivity contribution in [2.24, 2.45) is 0 Å². The highest BCUT2D eigenvalue weighted by atomic mass is 16.4. The number of carboxylic acids is 1. The minimum atomic E-state index is -0.997. The van der Waals surface area contributed by atoms with Crippen molar-refractivity contribution >= 4 is 17.6 Å². The van der Waals surface area contributed by atoms with E-state index in [1.165, 1.54) is 18.4 Å². The molecule has 0 fully saturated rings. The summed E-state index contributed by atoms with van der Waals surface area (Å²) < 4.78 is 5.05. The second-order valence-corrected chi connectivity index (χ2v) is 3.69. The summed E-state index contributed by atoms with van der Waals surface area (Å²) in [5.41, 5.74) is 0.732. The van der Waals surface area contributed by atoms with Crippen molar-refractivity contribution in [3.8, 4) is 0 Å². The lowest BCUT2D eigenvalue weighted by atomic mass is 10.2. The van der Waals surface area contributed by atoms with Gasteiger partial charge in [-0.2, -0.15) is 0 Å². The van der Waals surface area contributed by atoms with Gasteiger partial charge in [0.25, 0.3) is 0 Å². The molecule has 2 aromatic rings. The third-order valence-corrected chi connectivity index (χ3v) is 2.33. The summed E-state index contributed by atoms with van der Waals surface area (Å²) >= 11 is 0. The molecule has 2 N–H and O–H groups in total. The first-order valence-corrected chi connectivity index (χ1v) is 5.31. The second kappa shape index (κ2) is 5.18. The molecular weight excluding hydrogens is 234 g/mol. The highest BCUT2D eigenvalue weighted by Crippen LogP contribution is 2.10. The van der Waals surface area contributed by atoms with E-state index in [2.05, 4.69) is 5.32 Å². The largest absolute Gasteiger partial charge is 0.478 e. The first-order valence-electron chi connectivity index (χ1n) is 5.31. The Hall–Kier alpha value is -2.56. The van der Waals surface area contributed by atoms with Crippen molar-refractivity contribution in [2.75, 3.05) is 5.32 Å². The third kappa shape index (κ3) is 2.98. The molecule has 18 heavy (non-hydrogen) atoms. The van der Waals surface area contributed by atoms with Crippen LogP contribution in [0.5, 0.6) is 0 Å². The van der Waals surface area contributed by atoms with Gasteiger partial charge in [0.15, 0.2) is 0 Å². The van der Waals surface area contributed by atoms with Crippen LogP contribution in [0.3, 0.4) is 0 Å². The van der Waals surface area contributed by atoms with Gasteiger partial charge >= 0.3 is 5.97 Å². The van der Waals surface area contributed by atoms with Crippen LogP contribution in [-0.4, -0.2) is 17.0 Å². The van der Waals surface area contributed by atoms with E-state index in [4.69, 9.17) is 9.52 Å². The Morgan fingerprint density at radius 2 is 1.89 bits per heavy atom. The number of hydrogen-bond donors (Lipinski definition) is 2. The van der Waals surface area contributed by atoms with Gasteiger partial charge in [-0.05, 0) is 36.4 Å². The Labute approximate surface area is 103 Å². The molecule has 1 heterocycles. The summed E-state index contributed by atoms with van der Waals surface area (Å²) in [4.78, 5) is 22.3. The molecule has 5 heteroatoms. The van der Waals surface area contributed by atoms with Gasteiger partial charge in [0.1, 0.15) is 5.76 Å². The minimum absolute atomic E-state index is 0.147. The van der Waals surface area contributed by atoms with Crippen LogP contribution in [0.15, 0.2) is 47.1 Å². The maximum absolute atomic E-state index is 11.6. The van der Waals surface area contributed by atoms with E-state index in [0.29, 0.717) is 11.4 Å². The molecule has 0 saturated carbocycles. The second-order valence-electron chi connectivity index (χ2n) is 3.69. The summed E-state index contributed by atoms with van der Waals surface area (Å²) in [6.07, 6.45) is 1.65. The van der Waals surface area contributed by atoms with Gasteiger partial charge in [-0.3, -0.25) is 4.79 Å². The summed E-state index contributed by atoms with van der Waals surface area (Å²) in [6, 6.07) is 9.39. The molecule has 2 rings (SSSR count). The third-order valence-electron chi connectivity index (χ3n) is 2.33. The first kappa shape index (κ1) is 11.9. The van der Waals surface area contributed by atoms with E-state index in [1.807, 2.05) is 0 Å². The number of carboxylic acid groups (broad SMARTS) is 1. The Balaban J connectivity index is 1.97. The summed E-state index contributed by atoms with van der Waals surface area (Å²) in [5, 5.41) is 11.4. The van der Waals surface area contributed by atoms with Gasteiger partial charge in [-0.1, -0.05) is 0 Å². The van der Waals surface area contributed by atoms with Gasteiger partial charge in [-0.15, -0.1) is 0 Å². The standard InChI is InChI=1S/C13H11NO4/c15-12(8-11-2-1-7-18-11)14-10-5-3-9(4-6-10)13(16)17/h1-7H,8H2,(H,14,15)(H,16,17). The van der Waals surface area contributed by atoms with E-state index in [0.717, 1.165) is 0 Å². The molecular formula is C13H11NO4. The molecule has 1 aromatic heterocycles. The molecule has 0 aliphatic rings. The topological polar surface area (TPSA) is 79.5 Å². The Morgan fingerprint density at radius 3 is 2.44 bits per heavy atom. The number of rotatable bonds is 4. The van der Waals surface area contributed by atoms with E-state index < -0.39 is 5.97 Å². The monoisotopic (exact) mass is 245 g/mol. The van der Waals surface area contributed by atoms with Crippen LogP contribution < -0.4 is 5.32 Å². The molecule has 1 amide bonds. The van der Waals surface area contributed by atoms with Gasteiger partial charge in [-0.25, -0.2) is 4.79 Å². The minimum Gasteiger partial charge on any atom is -0.478 e. The smallest absolute Gasteiger partial charge is 0.335 e. The van der Waals surface area contributed by atoms with Crippen molar-refractivity contribution < 1.29 is 19.1 Å². The molecule has 0 aliphatic carbocycles. The van der Waals surface area contributed by atoms with Crippen LogP contribution >= 0.6 is 0 Å². The number of hydrogen-bond acceptors (Lipinski definition) is 3. The van der Waals surface area contributed by atoms with Gasteiger partial charge in [0, 0.05) is 5.69 Å². The highest BCUT2D eigenvalue weighted by molar-refractivity contribution is 5.93. The number of furan rings is 1. The van der Waals surface area contributed by atoms with Crippen LogP contribution in [-0.2, 0) is 11.2 Å². The lowest BCUT2D eigenvalue weighted by molar-refractivity contribution is -0.115. The van der Waals surface area contributed by atoms with Crippen LogP contribution in [0, 0.1) is 0 Å². The SMILES string of the molecule is O=C(Cc1ccco1)Nc1ccc(C(=O)O)cc1. The molecule has 0 aliphatic heterocycles. The number of benzene rings is 1. The molecule has 0 bridgehead atoms. The number of nitrogens with one attached hydrogen (secondary N) is 1. The summed E-state index contributed by atoms with van der Waals surface area (Å²) in [6.45, 7) is 0. The Kier molecular flexibility index (Phi) is 3.43. The zero-order valence-corrected chi connectivity index (χ0v) is 9.42. The predicted octanol–water partition coefficient (Wildman–Crippen LogP) is 2.16. The van der Waals surface area contributed by atoms with Crippen molar-refractivity contribution in [1.82, 2.24) is 0 Å². The molecule has 0 unspecified atom stereocenters. The maximum Gasteiger partial charge on any atom is 0.335 e. The normalized spacial score (nSPS) is 10.0. The Bertz CT molecular complexity index is 543. The van der Waals surface area contributed by atoms with E-state index in [1.54, 1.807) is 24.3 Å². The molecule has 92 valence electrons. The summed E-state index contributed by atoms with van der Waals surface area (Å²) in [5.74, 6) is -0.633. The van der Waals surface area contributed by atoms with E-state index in [-0.39, 0.29) is 17.9 Å². The fourth-order valence-electron chi connectivity index (χ4n) is 1.47. The highest BCUT2D eigenvalue weighted by Gasteiger charge is 2.07. The zero-order valence-electron chi connectivity index (χ0n) is 9.42. The van der Waals surface area contributed by atoms with E-state index in [9.17, 15) is 9.59 Å². The van der Waals surface area contributed by atoms with Crippen molar-refractivity contribution in [3.63, 3.8) is 0 Å². The fourth-order valence-corrected chi connectivity index (χ4v) is 1.47. The van der Waals surface area contributed by atoms with Crippen molar-refractivity contribution in [2.45, 2.75) is 6.42 Å². The quantitative estimate of drug-likeness (QED) is 0.865. The number of carbonyl (C=O) groups is 2. The molecule has 0 atom stereocenters. The molecule has 0 spiro atoms. The number of aromatic carboxylic acids is 1. The van der Waals surface area contributed by atoms with Crippen LogP contribution in [0.4, 0.5) is 5.69 Å². The van der Waals surface area contributed by atoms with Crippen LogP contribution in [0.1, 0.15) is 16.1 Å². The Morgan fingerprint density at radius 1 is 1.17 bits per heavy atom. The fraction of sp³-hybridized carbons (Fsp3) is 0.0769. The van der Waals surface area contributed by atoms with Crippen molar-refractivity contribution in [3.05, 3.63) is 54.0 Å². The molecule has 0 radical (unpaired) electrons. The average Bonchev–Trinajstić information content (AvgIpc) is 2.82. The van der Waals surface area contributed by atoms with Gasteiger partial charge < -0.3 is 14.8 Å². The first-order chi connectivity index (χ1) is 8.65. The molecule has 5 nitrogen and oxygen atoms in total. The van der Waals surface area contributed by atoms with Crippen LogP contribution in [0.2, 0.25) is 0 Å². The maximum atomic E-state index is 11.6. The van der Waals surface area contributed by atoms with Crippen LogP contribution in [0.25, 0.3) is 0 Å². The lowest BCUT2D eigenvalue weighted by Crippen LogP contribution is -2.14.